The molecule has 1 aromatic carbocycles. The molecule has 29 heavy (non-hydrogen) atoms. The van der Waals surface area contributed by atoms with Gasteiger partial charge in [-0.1, -0.05) is 0 Å². The zero-order valence-electron chi connectivity index (χ0n) is 15.8. The Morgan fingerprint density at radius 2 is 1.86 bits per heavy atom. The maximum absolute atomic E-state index is 12.6. The maximum Gasteiger partial charge on any atom is 0.342 e. The minimum absolute atomic E-state index is 0.0115. The van der Waals surface area contributed by atoms with Gasteiger partial charge in [0.2, 0.25) is 6.29 Å². The average molecular weight is 410 g/mol. The lowest BCUT2D eigenvalue weighted by Gasteiger charge is -2.40. The predicted octanol–water partition coefficient (Wildman–Crippen LogP) is -0.721. The summed E-state index contributed by atoms with van der Waals surface area (Å²) in [4.78, 5) is 24.9. The number of Topliss-reactive ketones (excluding diaryl/α,β-unsaturated/α-hetero) is 1. The van der Waals surface area contributed by atoms with Crippen LogP contribution in [-0.4, -0.2) is 75.1 Å². The molecule has 10 nitrogen and oxygen atoms in total. The molecule has 0 unspecified atom stereocenters. The molecule has 0 saturated carbocycles. The topological polar surface area (TPSA) is 152 Å². The molecule has 4 rings (SSSR count). The van der Waals surface area contributed by atoms with E-state index in [4.69, 9.17) is 18.9 Å². The maximum atomic E-state index is 12.6. The summed E-state index contributed by atoms with van der Waals surface area (Å²) < 4.78 is 22.0. The highest BCUT2D eigenvalue weighted by Gasteiger charge is 2.46. The normalized spacial score (nSPS) is 32.8. The number of aliphatic hydroxyl groups excluding tert-OH is 4. The fourth-order valence-corrected chi connectivity index (χ4v) is 3.84. The molecule has 3 heterocycles. The number of rotatable bonds is 3. The molecule has 3 aliphatic rings. The number of cyclic esters (lactones) is 1. The summed E-state index contributed by atoms with van der Waals surface area (Å²) in [5.74, 6) is -0.746. The van der Waals surface area contributed by atoms with Gasteiger partial charge in [0.15, 0.2) is 5.78 Å². The van der Waals surface area contributed by atoms with Gasteiger partial charge < -0.3 is 39.4 Å². The average Bonchev–Trinajstić information content (AvgIpc) is 3.02. The smallest absolute Gasteiger partial charge is 0.342 e. The molecule has 158 valence electrons. The number of esters is 1. The molecular weight excluding hydrogens is 388 g/mol. The molecule has 5 atom stereocenters. The quantitative estimate of drug-likeness (QED) is 0.470. The van der Waals surface area contributed by atoms with Gasteiger partial charge in [0.25, 0.3) is 0 Å². The first kappa shape index (κ1) is 20.0. The molecule has 10 heteroatoms. The lowest BCUT2D eigenvalue weighted by molar-refractivity contribution is -0.277. The number of carbonyl (C=O) groups excluding carboxylic acids is 2. The molecule has 3 aliphatic heterocycles. The van der Waals surface area contributed by atoms with Crippen LogP contribution in [0.2, 0.25) is 0 Å². The van der Waals surface area contributed by atoms with Gasteiger partial charge in [0.1, 0.15) is 53.7 Å². The molecule has 0 spiro atoms. The highest BCUT2D eigenvalue weighted by atomic mass is 16.7. The fourth-order valence-electron chi connectivity index (χ4n) is 3.84. The number of hydrogen-bond donors (Lipinski definition) is 4. The van der Waals surface area contributed by atoms with E-state index in [2.05, 4.69) is 0 Å². The van der Waals surface area contributed by atoms with E-state index in [1.165, 1.54) is 6.07 Å². The first-order valence-corrected chi connectivity index (χ1v) is 9.19. The lowest BCUT2D eigenvalue weighted by atomic mass is 9.88. The van der Waals surface area contributed by atoms with Crippen molar-refractivity contribution in [3.8, 4) is 11.5 Å². The number of fused-ring (bicyclic) bond motifs is 3. The zero-order valence-corrected chi connectivity index (χ0v) is 15.8. The van der Waals surface area contributed by atoms with Crippen LogP contribution in [0.1, 0.15) is 46.5 Å². The molecule has 1 fully saturated rings. The second kappa shape index (κ2) is 6.92. The van der Waals surface area contributed by atoms with E-state index < -0.39 is 48.9 Å². The number of ether oxygens (including phenoxy) is 4. The standard InChI is InChI=1S/C19H22O10/c1-19(2)4-8(21)12-7-6-26-17(25)13(7)9(3-10(12)29-19)27-18-16(24)15(23)14(22)11(5-20)28-18/h3,11,14-16,18,20,22-24H,4-6H2,1-2H3/t11-,14-,15+,16-,18-/m1/s1. The first-order valence-electron chi connectivity index (χ1n) is 9.19. The Labute approximate surface area is 165 Å². The third-order valence-electron chi connectivity index (χ3n) is 5.25. The summed E-state index contributed by atoms with van der Waals surface area (Å²) in [6.45, 7) is 2.75. The Bertz CT molecular complexity index is 861. The molecule has 0 aromatic heterocycles. The zero-order chi connectivity index (χ0) is 21.1. The van der Waals surface area contributed by atoms with Crippen LogP contribution in [0.4, 0.5) is 0 Å². The highest BCUT2D eigenvalue weighted by Crippen LogP contribution is 2.44. The summed E-state index contributed by atoms with van der Waals surface area (Å²) in [7, 11) is 0. The Morgan fingerprint density at radius 1 is 1.14 bits per heavy atom. The van der Waals surface area contributed by atoms with E-state index in [9.17, 15) is 30.0 Å². The van der Waals surface area contributed by atoms with Crippen molar-refractivity contribution in [1.82, 2.24) is 0 Å². The van der Waals surface area contributed by atoms with Crippen molar-refractivity contribution in [2.45, 2.75) is 63.2 Å². The number of aliphatic hydroxyl groups is 4. The molecule has 0 amide bonds. The van der Waals surface area contributed by atoms with E-state index in [0.717, 1.165) is 0 Å². The molecular formula is C19H22O10. The van der Waals surface area contributed by atoms with E-state index in [-0.39, 0.29) is 41.4 Å². The second-order valence-corrected chi connectivity index (χ2v) is 7.95. The van der Waals surface area contributed by atoms with Crippen LogP contribution < -0.4 is 9.47 Å². The van der Waals surface area contributed by atoms with E-state index in [1.54, 1.807) is 13.8 Å². The van der Waals surface area contributed by atoms with Crippen LogP contribution in [0.5, 0.6) is 11.5 Å². The van der Waals surface area contributed by atoms with Crippen LogP contribution in [0, 0.1) is 0 Å². The minimum Gasteiger partial charge on any atom is -0.486 e. The van der Waals surface area contributed by atoms with Crippen molar-refractivity contribution in [2.75, 3.05) is 6.61 Å². The molecule has 0 aliphatic carbocycles. The van der Waals surface area contributed by atoms with Crippen molar-refractivity contribution in [1.29, 1.82) is 0 Å². The monoisotopic (exact) mass is 410 g/mol. The van der Waals surface area contributed by atoms with Gasteiger partial charge in [0.05, 0.1) is 18.6 Å². The van der Waals surface area contributed by atoms with Crippen LogP contribution in [-0.2, 0) is 16.1 Å². The summed E-state index contributed by atoms with van der Waals surface area (Å²) >= 11 is 0. The Kier molecular flexibility index (Phi) is 4.79. The van der Waals surface area contributed by atoms with E-state index in [0.29, 0.717) is 5.56 Å². The van der Waals surface area contributed by atoms with Crippen molar-refractivity contribution < 1.29 is 49.0 Å². The molecule has 1 aromatic rings. The van der Waals surface area contributed by atoms with Gasteiger partial charge in [-0.25, -0.2) is 4.79 Å². The van der Waals surface area contributed by atoms with Crippen molar-refractivity contribution in [3.05, 3.63) is 22.8 Å². The predicted molar refractivity (Wildman–Crippen MR) is 93.6 cm³/mol. The van der Waals surface area contributed by atoms with Gasteiger partial charge in [-0.2, -0.15) is 0 Å². The van der Waals surface area contributed by atoms with Crippen LogP contribution in [0.15, 0.2) is 6.07 Å². The van der Waals surface area contributed by atoms with Crippen LogP contribution >= 0.6 is 0 Å². The number of ketones is 1. The largest absolute Gasteiger partial charge is 0.486 e. The van der Waals surface area contributed by atoms with Gasteiger partial charge in [-0.05, 0) is 13.8 Å². The Balaban J connectivity index is 1.74. The third-order valence-corrected chi connectivity index (χ3v) is 5.25. The number of hydrogen-bond acceptors (Lipinski definition) is 10. The summed E-state index contributed by atoms with van der Waals surface area (Å²) in [5, 5.41) is 39.4. The van der Waals surface area contributed by atoms with Gasteiger partial charge in [0, 0.05) is 11.6 Å². The second-order valence-electron chi connectivity index (χ2n) is 7.95. The molecule has 4 N–H and O–H groups in total. The Hall–Kier alpha value is -2.24. The van der Waals surface area contributed by atoms with E-state index in [1.807, 2.05) is 0 Å². The molecule has 0 radical (unpaired) electrons. The van der Waals surface area contributed by atoms with Crippen molar-refractivity contribution >= 4 is 11.8 Å². The highest BCUT2D eigenvalue weighted by molar-refractivity contribution is 6.07. The van der Waals surface area contributed by atoms with E-state index >= 15 is 0 Å². The van der Waals surface area contributed by atoms with Crippen LogP contribution in [0.25, 0.3) is 0 Å². The van der Waals surface area contributed by atoms with Gasteiger partial charge in [-0.3, -0.25) is 4.79 Å². The number of carbonyl (C=O) groups is 2. The van der Waals surface area contributed by atoms with Crippen molar-refractivity contribution in [2.24, 2.45) is 0 Å². The van der Waals surface area contributed by atoms with Gasteiger partial charge in [-0.15, -0.1) is 0 Å². The minimum atomic E-state index is -1.66. The lowest BCUT2D eigenvalue weighted by Crippen LogP contribution is -2.60. The molecule has 0 bridgehead atoms. The SMILES string of the molecule is CC1(C)CC(=O)c2c(cc(O[C@@H]3O[C@H](CO)[C@@H](O)[C@H](O)[C@H]3O)c3c2COC3=O)O1. The fraction of sp³-hybridized carbons (Fsp3) is 0.579. The third kappa shape index (κ3) is 3.26. The summed E-state index contributed by atoms with van der Waals surface area (Å²) in [6, 6.07) is 1.35. The first-order chi connectivity index (χ1) is 13.6. The summed E-state index contributed by atoms with van der Waals surface area (Å²) in [6.07, 6.45) is -7.37. The van der Waals surface area contributed by atoms with Crippen LogP contribution in [0.3, 0.4) is 0 Å². The molecule has 1 saturated heterocycles. The summed E-state index contributed by atoms with van der Waals surface area (Å²) in [5.41, 5.74) is -0.168. The van der Waals surface area contributed by atoms with Crippen molar-refractivity contribution in [3.63, 3.8) is 0 Å². The van der Waals surface area contributed by atoms with Gasteiger partial charge >= 0.3 is 5.97 Å². The Morgan fingerprint density at radius 3 is 2.55 bits per heavy atom. The number of benzene rings is 1.